The summed E-state index contributed by atoms with van der Waals surface area (Å²) in [6, 6.07) is 7.75. The fourth-order valence-corrected chi connectivity index (χ4v) is 2.26. The summed E-state index contributed by atoms with van der Waals surface area (Å²) in [7, 11) is -2.82. The number of benzene rings is 1. The van der Waals surface area contributed by atoms with Crippen LogP contribution in [0.2, 0.25) is 5.02 Å². The molecule has 0 atom stereocenters. The Morgan fingerprint density at radius 1 is 1.18 bits per heavy atom. The van der Waals surface area contributed by atoms with Gasteiger partial charge < -0.3 is 5.32 Å². The van der Waals surface area contributed by atoms with E-state index in [1.54, 1.807) is 0 Å². The van der Waals surface area contributed by atoms with Crippen LogP contribution in [-0.2, 0) is 16.3 Å². The molecule has 0 aromatic heterocycles. The molecule has 0 amide bonds. The topological polar surface area (TPSA) is 46.2 Å². The van der Waals surface area contributed by atoms with Gasteiger partial charge >= 0.3 is 0 Å². The van der Waals surface area contributed by atoms with Crippen LogP contribution in [0.4, 0.5) is 0 Å². The molecule has 0 aliphatic heterocycles. The molecule has 0 saturated heterocycles. The molecule has 0 heterocycles. The molecule has 17 heavy (non-hydrogen) atoms. The molecular formula is C12H18ClNO2S. The minimum atomic E-state index is -2.82. The van der Waals surface area contributed by atoms with Crippen molar-refractivity contribution < 1.29 is 8.42 Å². The molecule has 0 aliphatic rings. The van der Waals surface area contributed by atoms with Crippen molar-refractivity contribution in [2.24, 2.45) is 0 Å². The van der Waals surface area contributed by atoms with Crippen molar-refractivity contribution in [3.05, 3.63) is 34.9 Å². The summed E-state index contributed by atoms with van der Waals surface area (Å²) < 4.78 is 21.8. The zero-order valence-corrected chi connectivity index (χ0v) is 11.5. The van der Waals surface area contributed by atoms with Gasteiger partial charge in [-0.15, -0.1) is 0 Å². The third kappa shape index (κ3) is 7.36. The Morgan fingerprint density at radius 3 is 2.41 bits per heavy atom. The standard InChI is InChI=1S/C12H18ClNO2S/c1-17(15,16)10-2-8-14-9-7-11-3-5-12(13)6-4-11/h3-6,14H,2,7-10H2,1H3. The number of rotatable bonds is 7. The van der Waals surface area contributed by atoms with Gasteiger partial charge in [0, 0.05) is 11.3 Å². The highest BCUT2D eigenvalue weighted by atomic mass is 35.5. The molecule has 0 aliphatic carbocycles. The van der Waals surface area contributed by atoms with E-state index in [2.05, 4.69) is 5.32 Å². The van der Waals surface area contributed by atoms with Crippen molar-refractivity contribution in [2.45, 2.75) is 12.8 Å². The van der Waals surface area contributed by atoms with Crippen LogP contribution in [0.3, 0.4) is 0 Å². The maximum atomic E-state index is 10.9. The lowest BCUT2D eigenvalue weighted by atomic mass is 10.1. The van der Waals surface area contributed by atoms with Crippen molar-refractivity contribution in [1.29, 1.82) is 0 Å². The summed E-state index contributed by atoms with van der Waals surface area (Å²) in [5, 5.41) is 3.97. The van der Waals surface area contributed by atoms with Gasteiger partial charge in [-0.05, 0) is 43.6 Å². The number of hydrogen-bond donors (Lipinski definition) is 1. The molecule has 1 rings (SSSR count). The van der Waals surface area contributed by atoms with Crippen LogP contribution in [0, 0.1) is 0 Å². The average molecular weight is 276 g/mol. The van der Waals surface area contributed by atoms with Gasteiger partial charge in [-0.3, -0.25) is 0 Å². The van der Waals surface area contributed by atoms with E-state index in [1.165, 1.54) is 11.8 Å². The highest BCUT2D eigenvalue weighted by Crippen LogP contribution is 2.09. The first kappa shape index (κ1) is 14.5. The Hall–Kier alpha value is -0.580. The lowest BCUT2D eigenvalue weighted by molar-refractivity contribution is 0.594. The van der Waals surface area contributed by atoms with Gasteiger partial charge in [-0.2, -0.15) is 0 Å². The molecular weight excluding hydrogens is 258 g/mol. The lowest BCUT2D eigenvalue weighted by Gasteiger charge is -2.04. The molecule has 1 aromatic rings. The molecule has 0 spiro atoms. The molecule has 3 nitrogen and oxygen atoms in total. The van der Waals surface area contributed by atoms with E-state index < -0.39 is 9.84 Å². The minimum Gasteiger partial charge on any atom is -0.316 e. The average Bonchev–Trinajstić information content (AvgIpc) is 2.24. The third-order valence-electron chi connectivity index (χ3n) is 2.37. The smallest absolute Gasteiger partial charge is 0.147 e. The van der Waals surface area contributed by atoms with E-state index >= 15 is 0 Å². The molecule has 0 unspecified atom stereocenters. The molecule has 5 heteroatoms. The molecule has 0 saturated carbocycles. The summed E-state index contributed by atoms with van der Waals surface area (Å²) in [6.07, 6.45) is 2.86. The van der Waals surface area contributed by atoms with E-state index in [0.717, 1.165) is 24.5 Å². The normalized spacial score (nSPS) is 11.6. The Kier molecular flexibility index (Phi) is 5.95. The van der Waals surface area contributed by atoms with Crippen molar-refractivity contribution in [3.8, 4) is 0 Å². The Balaban J connectivity index is 2.10. The summed E-state index contributed by atoms with van der Waals surface area (Å²) in [4.78, 5) is 0. The largest absolute Gasteiger partial charge is 0.316 e. The van der Waals surface area contributed by atoms with E-state index in [9.17, 15) is 8.42 Å². The van der Waals surface area contributed by atoms with E-state index in [4.69, 9.17) is 11.6 Å². The predicted octanol–water partition coefficient (Wildman–Crippen LogP) is 1.91. The van der Waals surface area contributed by atoms with Crippen LogP contribution in [-0.4, -0.2) is 33.5 Å². The van der Waals surface area contributed by atoms with Gasteiger partial charge in [0.1, 0.15) is 9.84 Å². The molecule has 0 radical (unpaired) electrons. The molecule has 1 N–H and O–H groups in total. The fourth-order valence-electron chi connectivity index (χ4n) is 1.47. The van der Waals surface area contributed by atoms with Gasteiger partial charge in [0.2, 0.25) is 0 Å². The second-order valence-corrected chi connectivity index (χ2v) is 6.81. The van der Waals surface area contributed by atoms with Gasteiger partial charge in [-0.25, -0.2) is 8.42 Å². The Labute approximate surface area is 108 Å². The zero-order valence-electron chi connectivity index (χ0n) is 9.95. The van der Waals surface area contributed by atoms with E-state index in [1.807, 2.05) is 24.3 Å². The summed E-state index contributed by atoms with van der Waals surface area (Å²) in [5.41, 5.74) is 1.23. The maximum absolute atomic E-state index is 10.9. The second kappa shape index (κ2) is 6.99. The second-order valence-electron chi connectivity index (χ2n) is 4.11. The van der Waals surface area contributed by atoms with Crippen molar-refractivity contribution in [1.82, 2.24) is 5.32 Å². The monoisotopic (exact) mass is 275 g/mol. The lowest BCUT2D eigenvalue weighted by Crippen LogP contribution is -2.20. The van der Waals surface area contributed by atoms with Crippen LogP contribution >= 0.6 is 11.6 Å². The number of sulfone groups is 1. The molecule has 1 aromatic carbocycles. The summed E-state index contributed by atoms with van der Waals surface area (Å²) in [6.45, 7) is 1.59. The number of halogens is 1. The Morgan fingerprint density at radius 2 is 1.82 bits per heavy atom. The van der Waals surface area contributed by atoms with Gasteiger partial charge in [-0.1, -0.05) is 23.7 Å². The first-order chi connectivity index (χ1) is 7.97. The van der Waals surface area contributed by atoms with Crippen molar-refractivity contribution in [3.63, 3.8) is 0 Å². The summed E-state index contributed by atoms with van der Waals surface area (Å²) in [5.74, 6) is 0.251. The van der Waals surface area contributed by atoms with Crippen LogP contribution in [0.25, 0.3) is 0 Å². The van der Waals surface area contributed by atoms with Crippen LogP contribution in [0.1, 0.15) is 12.0 Å². The van der Waals surface area contributed by atoms with Gasteiger partial charge in [0.25, 0.3) is 0 Å². The van der Waals surface area contributed by atoms with Crippen LogP contribution in [0.5, 0.6) is 0 Å². The van der Waals surface area contributed by atoms with E-state index in [0.29, 0.717) is 6.42 Å². The quantitative estimate of drug-likeness (QED) is 0.773. The molecule has 0 bridgehead atoms. The van der Waals surface area contributed by atoms with Crippen molar-refractivity contribution >= 4 is 21.4 Å². The third-order valence-corrected chi connectivity index (χ3v) is 3.65. The highest BCUT2D eigenvalue weighted by molar-refractivity contribution is 7.90. The molecule has 96 valence electrons. The molecule has 0 fully saturated rings. The number of hydrogen-bond acceptors (Lipinski definition) is 3. The SMILES string of the molecule is CS(=O)(=O)CCCNCCc1ccc(Cl)cc1. The van der Waals surface area contributed by atoms with Crippen LogP contribution in [0.15, 0.2) is 24.3 Å². The maximum Gasteiger partial charge on any atom is 0.147 e. The first-order valence-electron chi connectivity index (χ1n) is 5.60. The van der Waals surface area contributed by atoms with Crippen LogP contribution < -0.4 is 5.32 Å². The minimum absolute atomic E-state index is 0.251. The zero-order chi connectivity index (χ0) is 12.7. The fraction of sp³-hybridized carbons (Fsp3) is 0.500. The summed E-state index contributed by atoms with van der Waals surface area (Å²) >= 11 is 5.78. The van der Waals surface area contributed by atoms with Crippen molar-refractivity contribution in [2.75, 3.05) is 25.1 Å². The number of nitrogens with one attached hydrogen (secondary N) is 1. The first-order valence-corrected chi connectivity index (χ1v) is 8.04. The Bertz CT molecular complexity index is 428. The van der Waals surface area contributed by atoms with E-state index in [-0.39, 0.29) is 5.75 Å². The van der Waals surface area contributed by atoms with Gasteiger partial charge in [0.15, 0.2) is 0 Å². The highest BCUT2D eigenvalue weighted by Gasteiger charge is 2.00. The van der Waals surface area contributed by atoms with Gasteiger partial charge in [0.05, 0.1) is 5.75 Å². The predicted molar refractivity (Wildman–Crippen MR) is 72.4 cm³/mol.